The normalized spacial score (nSPS) is 14.1. The van der Waals surface area contributed by atoms with E-state index in [2.05, 4.69) is 20.0 Å². The Labute approximate surface area is 263 Å². The first-order valence-corrected chi connectivity index (χ1v) is 16.0. The topological polar surface area (TPSA) is 130 Å². The van der Waals surface area contributed by atoms with Gasteiger partial charge in [0.15, 0.2) is 17.4 Å². The lowest BCUT2D eigenvalue weighted by molar-refractivity contribution is 0.104. The van der Waals surface area contributed by atoms with Gasteiger partial charge in [-0.25, -0.2) is 13.4 Å². The Morgan fingerprint density at radius 1 is 0.761 bits per heavy atom. The summed E-state index contributed by atoms with van der Waals surface area (Å²) in [7, 11) is -4.05. The van der Waals surface area contributed by atoms with Crippen LogP contribution < -0.4 is 20.3 Å². The van der Waals surface area contributed by atoms with Crippen molar-refractivity contribution < 1.29 is 17.9 Å². The van der Waals surface area contributed by atoms with Crippen LogP contribution in [0, 0.1) is 6.92 Å². The molecule has 0 saturated heterocycles. The van der Waals surface area contributed by atoms with Gasteiger partial charge in [-0.3, -0.25) is 14.3 Å². The van der Waals surface area contributed by atoms with Gasteiger partial charge in [-0.1, -0.05) is 72.3 Å². The minimum atomic E-state index is -4.05. The van der Waals surface area contributed by atoms with Crippen LogP contribution in [-0.2, 0) is 10.0 Å². The summed E-state index contributed by atoms with van der Waals surface area (Å²) in [6, 6.07) is 31.8. The molecule has 8 rings (SSSR count). The van der Waals surface area contributed by atoms with Crippen LogP contribution in [0.2, 0.25) is 0 Å². The van der Waals surface area contributed by atoms with Crippen LogP contribution in [0.5, 0.6) is 11.5 Å². The Morgan fingerprint density at radius 2 is 1.46 bits per heavy atom. The molecule has 0 bridgehead atoms. The number of benzene rings is 5. The molecule has 3 N–H and O–H groups in total. The summed E-state index contributed by atoms with van der Waals surface area (Å²) in [5, 5.41) is 3.78. The van der Waals surface area contributed by atoms with Gasteiger partial charge < -0.3 is 15.0 Å². The Balaban J connectivity index is 1.49. The summed E-state index contributed by atoms with van der Waals surface area (Å²) in [4.78, 5) is 36.0. The number of aromatic amines is 1. The Bertz CT molecular complexity index is 2450. The van der Waals surface area contributed by atoms with Gasteiger partial charge in [0, 0.05) is 28.3 Å². The second kappa shape index (κ2) is 10.3. The van der Waals surface area contributed by atoms with E-state index in [9.17, 15) is 18.0 Å². The lowest BCUT2D eigenvalue weighted by atomic mass is 9.81. The van der Waals surface area contributed by atoms with E-state index in [1.807, 2.05) is 61.5 Å². The van der Waals surface area contributed by atoms with Gasteiger partial charge in [-0.2, -0.15) is 0 Å². The molecule has 0 atom stereocenters. The van der Waals surface area contributed by atoms with E-state index in [1.165, 1.54) is 6.07 Å². The Morgan fingerprint density at radius 3 is 2.24 bits per heavy atom. The number of para-hydroxylation sites is 2. The van der Waals surface area contributed by atoms with E-state index < -0.39 is 15.6 Å². The standard InChI is InChI=1S/C36H24N4O5S/c1-20-15-17-22(18-16-20)45-27-19-26(37-21-9-3-2-4-10-21)30-31-29(23-11-5-6-12-24(23)34(30)41)32(36(42)39-33(27)31)35-38-25-13-7-8-14-28(25)46(43,44)40-35/h2-19,37H,1H3,(H,38,40)(H,39,42). The van der Waals surface area contributed by atoms with Crippen LogP contribution in [0.3, 0.4) is 0 Å². The molecule has 2 heterocycles. The van der Waals surface area contributed by atoms with Crippen molar-refractivity contribution in [1.29, 1.82) is 0 Å². The molecule has 6 aromatic rings. The maximum Gasteiger partial charge on any atom is 0.265 e. The second-order valence-corrected chi connectivity index (χ2v) is 12.7. The molecule has 1 aromatic heterocycles. The third-order valence-corrected chi connectivity index (χ3v) is 9.47. The summed E-state index contributed by atoms with van der Waals surface area (Å²) in [6.07, 6.45) is 0. The van der Waals surface area contributed by atoms with Gasteiger partial charge in [-0.15, -0.1) is 0 Å². The number of H-pyrrole nitrogens is 1. The van der Waals surface area contributed by atoms with Gasteiger partial charge in [-0.05, 0) is 48.9 Å². The molecule has 2 aliphatic rings. The number of aliphatic imine (C=N–C) groups is 1. The van der Waals surface area contributed by atoms with Gasteiger partial charge in [0.2, 0.25) is 0 Å². The average Bonchev–Trinajstić information content (AvgIpc) is 3.05. The first-order valence-electron chi connectivity index (χ1n) is 14.5. The van der Waals surface area contributed by atoms with Crippen molar-refractivity contribution in [2.45, 2.75) is 11.8 Å². The molecule has 1 aliphatic heterocycles. The number of ketones is 1. The monoisotopic (exact) mass is 624 g/mol. The molecular weight excluding hydrogens is 600 g/mol. The van der Waals surface area contributed by atoms with Crippen molar-refractivity contribution in [3.63, 3.8) is 0 Å². The van der Waals surface area contributed by atoms with Crippen LogP contribution in [0.4, 0.5) is 17.1 Å². The van der Waals surface area contributed by atoms with Gasteiger partial charge >= 0.3 is 0 Å². The first-order chi connectivity index (χ1) is 22.3. The van der Waals surface area contributed by atoms with Crippen molar-refractivity contribution in [1.82, 2.24) is 9.71 Å². The number of aromatic nitrogens is 1. The highest BCUT2D eigenvalue weighted by Gasteiger charge is 2.36. The molecular formula is C36H24N4O5S. The van der Waals surface area contributed by atoms with Crippen molar-refractivity contribution >= 4 is 49.6 Å². The number of pyridine rings is 1. The van der Waals surface area contributed by atoms with Gasteiger partial charge in [0.05, 0.1) is 28.0 Å². The number of aryl methyl sites for hydroxylation is 1. The lowest BCUT2D eigenvalue weighted by Gasteiger charge is -2.27. The number of fused-ring (bicyclic) bond motifs is 3. The molecule has 5 aromatic carbocycles. The van der Waals surface area contributed by atoms with Crippen molar-refractivity contribution in [3.05, 3.63) is 142 Å². The number of hydrogen-bond acceptors (Lipinski definition) is 7. The minimum Gasteiger partial charge on any atom is -0.455 e. The summed E-state index contributed by atoms with van der Waals surface area (Å²) >= 11 is 0. The zero-order valence-corrected chi connectivity index (χ0v) is 25.1. The Kier molecular flexibility index (Phi) is 6.16. The molecule has 0 saturated carbocycles. The third-order valence-electron chi connectivity index (χ3n) is 8.08. The van der Waals surface area contributed by atoms with Crippen molar-refractivity contribution in [3.8, 4) is 22.6 Å². The summed E-state index contributed by atoms with van der Waals surface area (Å²) < 4.78 is 35.6. The number of carbonyl (C=O) groups excluding carboxylic acids is 1. The molecule has 224 valence electrons. The number of nitrogens with zero attached hydrogens (tertiary/aromatic N) is 1. The number of carbonyl (C=O) groups is 1. The number of amidine groups is 1. The fourth-order valence-corrected chi connectivity index (χ4v) is 7.17. The zero-order chi connectivity index (χ0) is 31.6. The van der Waals surface area contributed by atoms with Crippen LogP contribution >= 0.6 is 0 Å². The Hall–Kier alpha value is -6.00. The highest BCUT2D eigenvalue weighted by atomic mass is 32.2. The molecule has 0 radical (unpaired) electrons. The fourth-order valence-electron chi connectivity index (χ4n) is 6.01. The highest BCUT2D eigenvalue weighted by Crippen LogP contribution is 2.47. The number of nitrogens with one attached hydrogen (secondary N) is 3. The van der Waals surface area contributed by atoms with Gasteiger partial charge in [0.1, 0.15) is 10.6 Å². The zero-order valence-electron chi connectivity index (χ0n) is 24.3. The van der Waals surface area contributed by atoms with E-state index in [0.29, 0.717) is 50.3 Å². The number of hydrogen-bond donors (Lipinski definition) is 3. The summed E-state index contributed by atoms with van der Waals surface area (Å²) in [6.45, 7) is 1.97. The molecule has 0 fully saturated rings. The van der Waals surface area contributed by atoms with E-state index in [1.54, 1.807) is 48.5 Å². The number of rotatable bonds is 5. The molecule has 1 aliphatic carbocycles. The molecule has 0 unspecified atom stereocenters. The predicted molar refractivity (Wildman–Crippen MR) is 177 cm³/mol. The van der Waals surface area contributed by atoms with Crippen LogP contribution in [0.15, 0.2) is 124 Å². The second-order valence-electron chi connectivity index (χ2n) is 11.1. The quantitative estimate of drug-likeness (QED) is 0.190. The predicted octanol–water partition coefficient (Wildman–Crippen LogP) is 6.95. The van der Waals surface area contributed by atoms with Gasteiger partial charge in [0.25, 0.3) is 15.6 Å². The molecule has 0 amide bonds. The fraction of sp³-hybridized carbons (Fsp3) is 0.0278. The van der Waals surface area contributed by atoms with E-state index in [-0.39, 0.29) is 27.8 Å². The average molecular weight is 625 g/mol. The molecule has 0 spiro atoms. The van der Waals surface area contributed by atoms with E-state index >= 15 is 0 Å². The van der Waals surface area contributed by atoms with Crippen molar-refractivity contribution in [2.24, 2.45) is 4.99 Å². The SMILES string of the molecule is Cc1ccc(Oc2cc(Nc3ccccc3)c3c4c(c(C5=Nc6ccccc6S(=O)(=O)N5)c(=O)[nH]c24)-c2ccccc2C3=O)cc1. The van der Waals surface area contributed by atoms with E-state index in [0.717, 1.165) is 11.3 Å². The maximum absolute atomic E-state index is 14.3. The number of sulfonamides is 1. The summed E-state index contributed by atoms with van der Waals surface area (Å²) in [5.74, 6) is 0.425. The van der Waals surface area contributed by atoms with Crippen molar-refractivity contribution in [2.75, 3.05) is 5.32 Å². The first kappa shape index (κ1) is 27.5. The number of ether oxygens (including phenoxy) is 1. The van der Waals surface area contributed by atoms with Crippen LogP contribution in [0.25, 0.3) is 22.0 Å². The van der Waals surface area contributed by atoms with Crippen LogP contribution in [0.1, 0.15) is 27.0 Å². The largest absolute Gasteiger partial charge is 0.455 e. The summed E-state index contributed by atoms with van der Waals surface area (Å²) in [5.41, 5.74) is 3.64. The molecule has 10 heteroatoms. The minimum absolute atomic E-state index is 0.00371. The maximum atomic E-state index is 14.3. The highest BCUT2D eigenvalue weighted by molar-refractivity contribution is 7.90. The lowest BCUT2D eigenvalue weighted by Crippen LogP contribution is -2.38. The van der Waals surface area contributed by atoms with Crippen LogP contribution in [-0.4, -0.2) is 25.0 Å². The smallest absolute Gasteiger partial charge is 0.265 e. The molecule has 46 heavy (non-hydrogen) atoms. The third kappa shape index (κ3) is 4.38. The molecule has 9 nitrogen and oxygen atoms in total. The number of anilines is 2. The van der Waals surface area contributed by atoms with E-state index in [4.69, 9.17) is 4.74 Å².